The van der Waals surface area contributed by atoms with Crippen LogP contribution in [0.3, 0.4) is 0 Å². The van der Waals surface area contributed by atoms with E-state index in [0.717, 1.165) is 5.19 Å². The van der Waals surface area contributed by atoms with Crippen molar-refractivity contribution in [1.29, 1.82) is 0 Å². The van der Waals surface area contributed by atoms with Crippen LogP contribution in [0.4, 0.5) is 0 Å². The van der Waals surface area contributed by atoms with Crippen LogP contribution in [-0.4, -0.2) is 10.2 Å². The van der Waals surface area contributed by atoms with E-state index in [-0.39, 0.29) is 0 Å². The van der Waals surface area contributed by atoms with Crippen molar-refractivity contribution in [3.63, 3.8) is 0 Å². The van der Waals surface area contributed by atoms with Gasteiger partial charge in [-0.3, -0.25) is 0 Å². The van der Waals surface area contributed by atoms with E-state index in [1.165, 1.54) is 38.9 Å². The molecule has 0 atom stereocenters. The monoisotopic (exact) mass is 285 g/mol. The highest BCUT2D eigenvalue weighted by molar-refractivity contribution is 6.36. The number of alkyl halides is 1. The molecule has 0 heterocycles. The van der Waals surface area contributed by atoms with Crippen LogP contribution in [0.5, 0.6) is 0 Å². The highest BCUT2D eigenvalue weighted by Gasteiger charge is 2.14. The average molecular weight is 286 g/mol. The Hall–Kier alpha value is -1.05. The Balaban J connectivity index is 2.83. The molecule has 0 saturated carbocycles. The van der Waals surface area contributed by atoms with Crippen molar-refractivity contribution in [3.05, 3.63) is 52.1 Å². The fourth-order valence-electron chi connectivity index (χ4n) is 2.68. The highest BCUT2D eigenvalue weighted by Crippen LogP contribution is 2.32. The minimum absolute atomic E-state index is 0.527. The molecule has 2 aromatic carbocycles. The van der Waals surface area contributed by atoms with E-state index in [4.69, 9.17) is 11.6 Å². The molecular weight excluding hydrogens is 268 g/mol. The van der Waals surface area contributed by atoms with Crippen LogP contribution in [0.1, 0.15) is 27.8 Å². The van der Waals surface area contributed by atoms with Crippen molar-refractivity contribution in [3.8, 4) is 11.1 Å². The number of hydrogen-bond donors (Lipinski definition) is 0. The summed E-state index contributed by atoms with van der Waals surface area (Å²) >= 11 is 6.11. The van der Waals surface area contributed by atoms with Gasteiger partial charge in [-0.05, 0) is 66.6 Å². The first-order chi connectivity index (χ1) is 8.97. The summed E-state index contributed by atoms with van der Waals surface area (Å²) in [5, 5.41) is 1.10. The summed E-state index contributed by atoms with van der Waals surface area (Å²) in [6.07, 6.45) is 0. The fourth-order valence-corrected chi connectivity index (χ4v) is 3.28. The van der Waals surface area contributed by atoms with Crippen LogP contribution in [0.15, 0.2) is 24.3 Å². The van der Waals surface area contributed by atoms with Crippen LogP contribution in [0.2, 0.25) is 0 Å². The molecule has 0 saturated heterocycles. The molecule has 19 heavy (non-hydrogen) atoms. The molecule has 0 fully saturated rings. The predicted molar refractivity (Wildman–Crippen MR) is 85.8 cm³/mol. The lowest BCUT2D eigenvalue weighted by Gasteiger charge is -2.19. The van der Waals surface area contributed by atoms with Gasteiger partial charge in [-0.15, -0.1) is 11.6 Å². The summed E-state index contributed by atoms with van der Waals surface area (Å²) in [5.74, 6) is 0.527. The first kappa shape index (κ1) is 14.4. The zero-order chi connectivity index (χ0) is 14.2. The molecule has 3 radical (unpaired) electrons. The van der Waals surface area contributed by atoms with Gasteiger partial charge in [0.15, 0.2) is 0 Å². The molecule has 0 N–H and O–H groups in total. The van der Waals surface area contributed by atoms with Crippen LogP contribution < -0.4 is 5.19 Å². The van der Waals surface area contributed by atoms with Gasteiger partial charge in [-0.1, -0.05) is 29.5 Å². The molecule has 0 aromatic heterocycles. The molecular formula is C17H18ClSi. The number of halogens is 1. The van der Waals surface area contributed by atoms with Gasteiger partial charge >= 0.3 is 0 Å². The lowest BCUT2D eigenvalue weighted by molar-refractivity contribution is 1.23. The maximum absolute atomic E-state index is 6.11. The van der Waals surface area contributed by atoms with Crippen molar-refractivity contribution in [2.24, 2.45) is 0 Å². The van der Waals surface area contributed by atoms with E-state index in [1.807, 2.05) is 6.07 Å². The zero-order valence-electron chi connectivity index (χ0n) is 11.9. The van der Waals surface area contributed by atoms with E-state index in [0.29, 0.717) is 5.88 Å². The third kappa shape index (κ3) is 2.50. The fraction of sp³-hybridized carbons (Fsp3) is 0.294. The second kappa shape index (κ2) is 5.52. The van der Waals surface area contributed by atoms with E-state index in [1.54, 1.807) is 0 Å². The Bertz CT molecular complexity index is 630. The Morgan fingerprint density at radius 3 is 2.26 bits per heavy atom. The first-order valence-corrected chi connectivity index (χ1v) is 7.48. The van der Waals surface area contributed by atoms with Gasteiger partial charge in [0.1, 0.15) is 0 Å². The van der Waals surface area contributed by atoms with Crippen LogP contribution >= 0.6 is 11.6 Å². The van der Waals surface area contributed by atoms with Crippen LogP contribution in [0.25, 0.3) is 11.1 Å². The molecule has 0 unspecified atom stereocenters. The third-order valence-corrected chi connectivity index (χ3v) is 4.61. The molecule has 0 aliphatic heterocycles. The predicted octanol–water partition coefficient (Wildman–Crippen LogP) is 4.12. The summed E-state index contributed by atoms with van der Waals surface area (Å²) in [6.45, 7) is 8.72. The first-order valence-electron chi connectivity index (χ1n) is 6.44. The van der Waals surface area contributed by atoms with Crippen LogP contribution in [0, 0.1) is 27.7 Å². The molecule has 0 aliphatic rings. The number of rotatable bonds is 2. The topological polar surface area (TPSA) is 0 Å². The quantitative estimate of drug-likeness (QED) is 0.575. The maximum Gasteiger partial charge on any atom is 0.0720 e. The second-order valence-corrected chi connectivity index (χ2v) is 5.91. The van der Waals surface area contributed by atoms with E-state index >= 15 is 0 Å². The Morgan fingerprint density at radius 1 is 0.947 bits per heavy atom. The molecule has 0 spiro atoms. The Labute approximate surface area is 124 Å². The largest absolute Gasteiger partial charge is 0.122 e. The minimum Gasteiger partial charge on any atom is -0.122 e. The van der Waals surface area contributed by atoms with Crippen LogP contribution in [-0.2, 0) is 5.88 Å². The van der Waals surface area contributed by atoms with E-state index in [2.05, 4.69) is 56.1 Å². The molecule has 0 aliphatic carbocycles. The SMILES string of the molecule is Cc1cc(C)c(-c2c([Si])cccc2CCl)c(C)c1C. The molecule has 2 rings (SSSR count). The standard InChI is InChI=1S/C17H18ClSi/c1-10-8-11(2)16(13(4)12(10)3)17-14(9-18)6-5-7-15(17)19/h5-8H,9H2,1-4H3. The van der Waals surface area contributed by atoms with Gasteiger partial charge in [-0.25, -0.2) is 0 Å². The highest BCUT2D eigenvalue weighted by atomic mass is 35.5. The lowest BCUT2D eigenvalue weighted by atomic mass is 9.88. The maximum atomic E-state index is 6.11. The summed E-state index contributed by atoms with van der Waals surface area (Å²) in [6, 6.07) is 8.47. The molecule has 0 bridgehead atoms. The van der Waals surface area contributed by atoms with Gasteiger partial charge < -0.3 is 0 Å². The summed E-state index contributed by atoms with van der Waals surface area (Å²) < 4.78 is 0. The van der Waals surface area contributed by atoms with E-state index < -0.39 is 0 Å². The minimum atomic E-state index is 0.527. The van der Waals surface area contributed by atoms with Crippen molar-refractivity contribution in [2.45, 2.75) is 33.6 Å². The average Bonchev–Trinajstić information content (AvgIpc) is 2.38. The third-order valence-electron chi connectivity index (χ3n) is 3.90. The smallest absolute Gasteiger partial charge is 0.0720 e. The van der Waals surface area contributed by atoms with Gasteiger partial charge in [-0.2, -0.15) is 0 Å². The van der Waals surface area contributed by atoms with Crippen molar-refractivity contribution in [1.82, 2.24) is 0 Å². The zero-order valence-corrected chi connectivity index (χ0v) is 13.7. The number of benzene rings is 2. The van der Waals surface area contributed by atoms with Gasteiger partial charge in [0.05, 0.1) is 10.2 Å². The lowest BCUT2D eigenvalue weighted by Crippen LogP contribution is -2.11. The Kier molecular flexibility index (Phi) is 4.17. The van der Waals surface area contributed by atoms with Crippen molar-refractivity contribution in [2.75, 3.05) is 0 Å². The van der Waals surface area contributed by atoms with Gasteiger partial charge in [0.25, 0.3) is 0 Å². The molecule has 0 amide bonds. The number of aryl methyl sites for hydroxylation is 2. The summed E-state index contributed by atoms with van der Waals surface area (Å²) in [7, 11) is 3.73. The normalized spacial score (nSPS) is 10.8. The second-order valence-electron chi connectivity index (χ2n) is 5.11. The van der Waals surface area contributed by atoms with E-state index in [9.17, 15) is 0 Å². The number of hydrogen-bond acceptors (Lipinski definition) is 0. The molecule has 2 aromatic rings. The van der Waals surface area contributed by atoms with Gasteiger partial charge in [0.2, 0.25) is 0 Å². The van der Waals surface area contributed by atoms with Crippen molar-refractivity contribution >= 4 is 27.0 Å². The summed E-state index contributed by atoms with van der Waals surface area (Å²) in [4.78, 5) is 0. The Morgan fingerprint density at radius 2 is 1.63 bits per heavy atom. The molecule has 97 valence electrons. The summed E-state index contributed by atoms with van der Waals surface area (Å²) in [5.41, 5.74) is 9.06. The van der Waals surface area contributed by atoms with Crippen molar-refractivity contribution < 1.29 is 0 Å². The van der Waals surface area contributed by atoms with Gasteiger partial charge in [0, 0.05) is 5.88 Å². The molecule has 0 nitrogen and oxygen atoms in total. The molecule has 2 heteroatoms.